The number of ether oxygens (including phenoxy) is 1. The highest BCUT2D eigenvalue weighted by molar-refractivity contribution is 5.99. The lowest BCUT2D eigenvalue weighted by Crippen LogP contribution is -2.30. The van der Waals surface area contributed by atoms with Crippen molar-refractivity contribution in [2.45, 2.75) is 12.8 Å². The molecule has 0 spiro atoms. The van der Waals surface area contributed by atoms with Crippen LogP contribution in [0, 0.1) is 5.92 Å². The Morgan fingerprint density at radius 3 is 2.82 bits per heavy atom. The van der Waals surface area contributed by atoms with E-state index in [1.807, 2.05) is 0 Å². The topological polar surface area (TPSA) is 55.4 Å². The number of carbonyl (C=O) groups is 2. The molecule has 1 N–H and O–H groups in total. The van der Waals surface area contributed by atoms with Gasteiger partial charge in [0.25, 0.3) is 0 Å². The molecule has 17 heavy (non-hydrogen) atoms. The summed E-state index contributed by atoms with van der Waals surface area (Å²) in [5.74, 6) is 0.664. The molecule has 1 fully saturated rings. The Bertz CT molecular complexity index is 438. The standard InChI is InChI=1S/C13H15NO3/c1-17-11-4-2-3-10(7-11)12(15)8-14-13(16)9-5-6-9/h2-4,7,9H,5-6,8H2,1H3,(H,14,16). The fraction of sp³-hybridized carbons (Fsp3) is 0.385. The molecule has 2 rings (SSSR count). The van der Waals surface area contributed by atoms with E-state index in [0.29, 0.717) is 11.3 Å². The molecule has 0 heterocycles. The van der Waals surface area contributed by atoms with Crippen LogP contribution in [-0.4, -0.2) is 25.3 Å². The summed E-state index contributed by atoms with van der Waals surface area (Å²) in [5, 5.41) is 2.65. The molecule has 1 aliphatic carbocycles. The number of hydrogen-bond acceptors (Lipinski definition) is 3. The van der Waals surface area contributed by atoms with E-state index in [4.69, 9.17) is 4.74 Å². The lowest BCUT2D eigenvalue weighted by molar-refractivity contribution is -0.122. The number of methoxy groups -OCH3 is 1. The van der Waals surface area contributed by atoms with Gasteiger partial charge in [-0.15, -0.1) is 0 Å². The van der Waals surface area contributed by atoms with Gasteiger partial charge in [0.1, 0.15) is 5.75 Å². The van der Waals surface area contributed by atoms with Crippen molar-refractivity contribution in [3.63, 3.8) is 0 Å². The van der Waals surface area contributed by atoms with E-state index in [1.54, 1.807) is 31.4 Å². The first-order valence-electron chi connectivity index (χ1n) is 5.65. The van der Waals surface area contributed by atoms with Gasteiger partial charge >= 0.3 is 0 Å². The Morgan fingerprint density at radius 1 is 1.41 bits per heavy atom. The lowest BCUT2D eigenvalue weighted by atomic mass is 10.1. The summed E-state index contributed by atoms with van der Waals surface area (Å²) < 4.78 is 5.04. The third-order valence-corrected chi connectivity index (χ3v) is 2.76. The zero-order chi connectivity index (χ0) is 12.3. The van der Waals surface area contributed by atoms with Crippen LogP contribution in [0.15, 0.2) is 24.3 Å². The third kappa shape index (κ3) is 3.06. The first kappa shape index (κ1) is 11.6. The molecular weight excluding hydrogens is 218 g/mol. The van der Waals surface area contributed by atoms with Gasteiger partial charge in [-0.3, -0.25) is 9.59 Å². The summed E-state index contributed by atoms with van der Waals surface area (Å²) in [7, 11) is 1.55. The minimum absolute atomic E-state index is 0.0127. The number of ketones is 1. The summed E-state index contributed by atoms with van der Waals surface area (Å²) in [6, 6.07) is 6.92. The third-order valence-electron chi connectivity index (χ3n) is 2.76. The van der Waals surface area contributed by atoms with Gasteiger partial charge in [-0.05, 0) is 25.0 Å². The Balaban J connectivity index is 1.91. The molecule has 0 aromatic heterocycles. The van der Waals surface area contributed by atoms with Gasteiger partial charge in [-0.1, -0.05) is 12.1 Å². The maximum atomic E-state index is 11.8. The fourth-order valence-electron chi connectivity index (χ4n) is 1.56. The normalized spacial score (nSPS) is 14.2. The molecule has 0 bridgehead atoms. The number of rotatable bonds is 5. The summed E-state index contributed by atoms with van der Waals surface area (Å²) in [5.41, 5.74) is 0.556. The van der Waals surface area contributed by atoms with Crippen LogP contribution >= 0.6 is 0 Å². The Labute approximate surface area is 100.0 Å². The molecule has 1 aromatic carbocycles. The maximum absolute atomic E-state index is 11.8. The van der Waals surface area contributed by atoms with Crippen LogP contribution in [-0.2, 0) is 4.79 Å². The zero-order valence-electron chi connectivity index (χ0n) is 9.73. The monoisotopic (exact) mass is 233 g/mol. The second-order valence-corrected chi connectivity index (χ2v) is 4.15. The molecule has 1 aromatic rings. The van der Waals surface area contributed by atoms with Crippen molar-refractivity contribution in [2.24, 2.45) is 5.92 Å². The predicted molar refractivity (Wildman–Crippen MR) is 63.1 cm³/mol. The number of benzene rings is 1. The highest BCUT2D eigenvalue weighted by Crippen LogP contribution is 2.28. The molecule has 0 aliphatic heterocycles. The van der Waals surface area contributed by atoms with Crippen molar-refractivity contribution >= 4 is 11.7 Å². The van der Waals surface area contributed by atoms with Crippen LogP contribution in [0.25, 0.3) is 0 Å². The van der Waals surface area contributed by atoms with Crippen molar-refractivity contribution in [1.82, 2.24) is 5.32 Å². The average Bonchev–Trinajstić information content (AvgIpc) is 3.19. The largest absolute Gasteiger partial charge is 0.497 e. The minimum Gasteiger partial charge on any atom is -0.497 e. The Kier molecular flexibility index (Phi) is 3.42. The molecule has 0 unspecified atom stereocenters. The van der Waals surface area contributed by atoms with Crippen LogP contribution in [0.2, 0.25) is 0 Å². The first-order valence-corrected chi connectivity index (χ1v) is 5.65. The van der Waals surface area contributed by atoms with Crippen LogP contribution in [0.5, 0.6) is 5.75 Å². The van der Waals surface area contributed by atoms with E-state index in [1.165, 1.54) is 0 Å². The SMILES string of the molecule is COc1cccc(C(=O)CNC(=O)C2CC2)c1. The van der Waals surface area contributed by atoms with Crippen molar-refractivity contribution < 1.29 is 14.3 Å². The van der Waals surface area contributed by atoms with Gasteiger partial charge in [0.15, 0.2) is 5.78 Å². The smallest absolute Gasteiger partial charge is 0.223 e. The van der Waals surface area contributed by atoms with E-state index in [0.717, 1.165) is 12.8 Å². The number of carbonyl (C=O) groups excluding carboxylic acids is 2. The maximum Gasteiger partial charge on any atom is 0.223 e. The second kappa shape index (κ2) is 4.99. The number of hydrogen-bond donors (Lipinski definition) is 1. The second-order valence-electron chi connectivity index (χ2n) is 4.15. The predicted octanol–water partition coefficient (Wildman–Crippen LogP) is 1.40. The summed E-state index contributed by atoms with van der Waals surface area (Å²) >= 11 is 0. The van der Waals surface area contributed by atoms with Crippen LogP contribution in [0.1, 0.15) is 23.2 Å². The molecule has 0 radical (unpaired) electrons. The van der Waals surface area contributed by atoms with Gasteiger partial charge in [0.05, 0.1) is 13.7 Å². The quantitative estimate of drug-likeness (QED) is 0.782. The fourth-order valence-corrected chi connectivity index (χ4v) is 1.56. The Hall–Kier alpha value is -1.84. The summed E-state index contributed by atoms with van der Waals surface area (Å²) in [4.78, 5) is 23.2. The molecule has 0 saturated heterocycles. The van der Waals surface area contributed by atoms with Gasteiger partial charge in [0, 0.05) is 11.5 Å². The van der Waals surface area contributed by atoms with Crippen LogP contribution in [0.3, 0.4) is 0 Å². The molecular formula is C13H15NO3. The van der Waals surface area contributed by atoms with Crippen LogP contribution in [0.4, 0.5) is 0 Å². The Morgan fingerprint density at radius 2 is 2.18 bits per heavy atom. The molecule has 90 valence electrons. The molecule has 1 saturated carbocycles. The zero-order valence-corrected chi connectivity index (χ0v) is 9.73. The summed E-state index contributed by atoms with van der Waals surface area (Å²) in [6.45, 7) is 0.0580. The van der Waals surface area contributed by atoms with E-state index >= 15 is 0 Å². The van der Waals surface area contributed by atoms with Crippen molar-refractivity contribution in [3.8, 4) is 5.75 Å². The first-order chi connectivity index (χ1) is 8.20. The minimum atomic E-state index is -0.0992. The van der Waals surface area contributed by atoms with E-state index in [-0.39, 0.29) is 24.2 Å². The summed E-state index contributed by atoms with van der Waals surface area (Å²) in [6.07, 6.45) is 1.89. The molecule has 4 heteroatoms. The average molecular weight is 233 g/mol. The van der Waals surface area contributed by atoms with Gasteiger partial charge in [-0.25, -0.2) is 0 Å². The van der Waals surface area contributed by atoms with E-state index in [9.17, 15) is 9.59 Å². The van der Waals surface area contributed by atoms with Crippen molar-refractivity contribution in [1.29, 1.82) is 0 Å². The number of Topliss-reactive ketones (excluding diaryl/α,β-unsaturated/α-hetero) is 1. The van der Waals surface area contributed by atoms with E-state index in [2.05, 4.69) is 5.32 Å². The van der Waals surface area contributed by atoms with Crippen LogP contribution < -0.4 is 10.1 Å². The van der Waals surface area contributed by atoms with E-state index < -0.39 is 0 Å². The molecule has 4 nitrogen and oxygen atoms in total. The van der Waals surface area contributed by atoms with Gasteiger partial charge in [0.2, 0.25) is 5.91 Å². The molecule has 0 atom stereocenters. The van der Waals surface area contributed by atoms with Gasteiger partial charge < -0.3 is 10.1 Å². The van der Waals surface area contributed by atoms with Gasteiger partial charge in [-0.2, -0.15) is 0 Å². The number of amides is 1. The molecule has 1 aliphatic rings. The van der Waals surface area contributed by atoms with Crippen molar-refractivity contribution in [3.05, 3.63) is 29.8 Å². The molecule has 1 amide bonds. The highest BCUT2D eigenvalue weighted by Gasteiger charge is 2.29. The van der Waals surface area contributed by atoms with Crippen molar-refractivity contribution in [2.75, 3.05) is 13.7 Å². The highest BCUT2D eigenvalue weighted by atomic mass is 16.5. The lowest BCUT2D eigenvalue weighted by Gasteiger charge is -2.05. The number of nitrogens with one attached hydrogen (secondary N) is 1.